The number of hydrogen-bond acceptors (Lipinski definition) is 9. The minimum Gasteiger partial charge on any atom is -0.504 e. The number of phenolic OH excluding ortho intramolecular Hbond substituents is 1. The van der Waals surface area contributed by atoms with Gasteiger partial charge in [-0.1, -0.05) is 42.8 Å². The van der Waals surface area contributed by atoms with E-state index in [2.05, 4.69) is 0 Å². The van der Waals surface area contributed by atoms with Crippen molar-refractivity contribution in [2.45, 2.75) is 75.3 Å². The average molecular weight is 535 g/mol. The first kappa shape index (κ1) is 25.4. The summed E-state index contributed by atoms with van der Waals surface area (Å²) in [5.41, 5.74) is 0.229. The van der Waals surface area contributed by atoms with Gasteiger partial charge in [0.1, 0.15) is 5.76 Å². The van der Waals surface area contributed by atoms with Gasteiger partial charge in [0.25, 0.3) is 0 Å². The van der Waals surface area contributed by atoms with Crippen molar-refractivity contribution in [1.29, 1.82) is 0 Å². The summed E-state index contributed by atoms with van der Waals surface area (Å²) in [6.07, 6.45) is 1.47. The van der Waals surface area contributed by atoms with Gasteiger partial charge in [0, 0.05) is 18.1 Å². The second-order valence-electron chi connectivity index (χ2n) is 10.8. The van der Waals surface area contributed by atoms with Crippen LogP contribution in [0.2, 0.25) is 0 Å². The Balaban J connectivity index is 1.34. The highest BCUT2D eigenvalue weighted by molar-refractivity contribution is 5.84. The zero-order valence-corrected chi connectivity index (χ0v) is 21.7. The lowest BCUT2D eigenvalue weighted by Crippen LogP contribution is -2.67. The number of carbonyl (C=O) groups is 3. The van der Waals surface area contributed by atoms with Crippen molar-refractivity contribution >= 4 is 17.9 Å². The third kappa shape index (κ3) is 3.74. The van der Waals surface area contributed by atoms with Crippen molar-refractivity contribution in [1.82, 2.24) is 0 Å². The van der Waals surface area contributed by atoms with Gasteiger partial charge in [-0.05, 0) is 56.2 Å². The molecule has 9 heteroatoms. The first-order valence-electron chi connectivity index (χ1n) is 13.2. The van der Waals surface area contributed by atoms with Crippen LogP contribution in [0.5, 0.6) is 11.5 Å². The van der Waals surface area contributed by atoms with Gasteiger partial charge in [-0.15, -0.1) is 0 Å². The van der Waals surface area contributed by atoms with Crippen LogP contribution in [0.4, 0.5) is 0 Å². The number of ether oxygens (including phenoxy) is 4. The van der Waals surface area contributed by atoms with Crippen LogP contribution >= 0.6 is 0 Å². The summed E-state index contributed by atoms with van der Waals surface area (Å²) in [4.78, 5) is 37.6. The Bertz CT molecular complexity index is 1380. The van der Waals surface area contributed by atoms with Gasteiger partial charge < -0.3 is 29.2 Å². The monoisotopic (exact) mass is 534 g/mol. The molecule has 1 heterocycles. The van der Waals surface area contributed by atoms with E-state index in [0.29, 0.717) is 24.2 Å². The standard InChI is InChI=1S/C30H30O9/c1-16(36-17(2)31)27(33)39-24(18-7-4-3-5-8-18)28(34)37-22-12-14-30(35)20-9-6-13-29(30)23-19(15-20)10-11-21(32)25(23)38-26(22)29/h3-5,7-8,10-12,16,20,24,26,32,35H,6,9,13-15H2,1-2H3/t16-,20+,24-,26-,29-,30+/m0/s1. The Morgan fingerprint density at radius 1 is 1.08 bits per heavy atom. The third-order valence-corrected chi connectivity index (χ3v) is 8.71. The molecule has 1 saturated carbocycles. The molecule has 204 valence electrons. The highest BCUT2D eigenvalue weighted by atomic mass is 16.6. The van der Waals surface area contributed by atoms with Gasteiger partial charge in [0.05, 0.1) is 11.0 Å². The first-order chi connectivity index (χ1) is 18.7. The zero-order valence-electron chi connectivity index (χ0n) is 21.7. The summed E-state index contributed by atoms with van der Waals surface area (Å²) in [6.45, 7) is 2.53. The topological polar surface area (TPSA) is 129 Å². The van der Waals surface area contributed by atoms with Crippen molar-refractivity contribution in [2.75, 3.05) is 0 Å². The Morgan fingerprint density at radius 2 is 1.85 bits per heavy atom. The highest BCUT2D eigenvalue weighted by Gasteiger charge is 2.71. The van der Waals surface area contributed by atoms with E-state index >= 15 is 0 Å². The van der Waals surface area contributed by atoms with Crippen molar-refractivity contribution in [3.8, 4) is 11.5 Å². The first-order valence-corrected chi connectivity index (χ1v) is 13.2. The summed E-state index contributed by atoms with van der Waals surface area (Å²) < 4.78 is 22.6. The lowest BCUT2D eigenvalue weighted by atomic mass is 9.47. The molecule has 6 rings (SSSR count). The average Bonchev–Trinajstić information content (AvgIpc) is 3.25. The lowest BCUT2D eigenvalue weighted by molar-refractivity contribution is -0.179. The Morgan fingerprint density at radius 3 is 2.59 bits per heavy atom. The van der Waals surface area contributed by atoms with Gasteiger partial charge in [-0.3, -0.25) is 4.79 Å². The number of aromatic hydroxyl groups is 1. The van der Waals surface area contributed by atoms with Crippen LogP contribution in [0.25, 0.3) is 0 Å². The molecule has 1 spiro atoms. The summed E-state index contributed by atoms with van der Waals surface area (Å²) in [6, 6.07) is 11.9. The number of benzene rings is 2. The molecule has 1 fully saturated rings. The van der Waals surface area contributed by atoms with Gasteiger partial charge in [0.15, 0.2) is 23.7 Å². The van der Waals surface area contributed by atoms with Gasteiger partial charge in [-0.25, -0.2) is 9.59 Å². The second-order valence-corrected chi connectivity index (χ2v) is 10.8. The SMILES string of the molecule is CC(=O)O[C@@H](C)C(=O)O[C@H](C(=O)OC1=CC[C@@]2(O)[C@@H]3CCC[C@@]24c2c(ccc(O)c2O[C@@H]14)C3)c1ccccc1. The normalized spacial score (nSPS) is 29.2. The zero-order chi connectivity index (χ0) is 27.5. The molecular weight excluding hydrogens is 504 g/mol. The van der Waals surface area contributed by atoms with Crippen molar-refractivity contribution < 1.29 is 43.5 Å². The van der Waals surface area contributed by atoms with Crippen LogP contribution in [-0.4, -0.2) is 45.9 Å². The van der Waals surface area contributed by atoms with Crippen LogP contribution in [-0.2, 0) is 40.4 Å². The van der Waals surface area contributed by atoms with Crippen molar-refractivity contribution in [3.05, 3.63) is 71.0 Å². The molecule has 1 aliphatic heterocycles. The van der Waals surface area contributed by atoms with Crippen LogP contribution in [0.3, 0.4) is 0 Å². The molecule has 0 amide bonds. The third-order valence-electron chi connectivity index (χ3n) is 8.71. The van der Waals surface area contributed by atoms with E-state index in [1.54, 1.807) is 42.5 Å². The maximum absolute atomic E-state index is 13.6. The molecule has 2 bridgehead atoms. The summed E-state index contributed by atoms with van der Waals surface area (Å²) in [7, 11) is 0. The fourth-order valence-corrected chi connectivity index (χ4v) is 7.09. The number of phenols is 1. The van der Waals surface area contributed by atoms with Crippen molar-refractivity contribution in [2.24, 2.45) is 5.92 Å². The highest BCUT2D eigenvalue weighted by Crippen LogP contribution is 2.67. The molecular formula is C30H30O9. The fourth-order valence-electron chi connectivity index (χ4n) is 7.09. The molecule has 3 aliphatic carbocycles. The van der Waals surface area contributed by atoms with E-state index in [4.69, 9.17) is 18.9 Å². The molecule has 0 unspecified atom stereocenters. The van der Waals surface area contributed by atoms with E-state index in [0.717, 1.165) is 24.0 Å². The van der Waals surface area contributed by atoms with Crippen LogP contribution in [0.15, 0.2) is 54.3 Å². The Labute approximate surface area is 225 Å². The van der Waals surface area contributed by atoms with Crippen LogP contribution in [0, 0.1) is 5.92 Å². The van der Waals surface area contributed by atoms with Crippen molar-refractivity contribution in [3.63, 3.8) is 0 Å². The molecule has 9 nitrogen and oxygen atoms in total. The summed E-state index contributed by atoms with van der Waals surface area (Å²) in [5.74, 6) is -1.90. The number of rotatable bonds is 6. The van der Waals surface area contributed by atoms with E-state index in [1.807, 2.05) is 6.07 Å². The number of carbonyl (C=O) groups excluding carboxylic acids is 3. The summed E-state index contributed by atoms with van der Waals surface area (Å²) in [5, 5.41) is 22.8. The van der Waals surface area contributed by atoms with E-state index < -0.39 is 47.2 Å². The van der Waals surface area contributed by atoms with Crippen LogP contribution < -0.4 is 4.74 Å². The molecule has 0 radical (unpaired) electrons. The molecule has 4 aliphatic rings. The van der Waals surface area contributed by atoms with Gasteiger partial charge in [0.2, 0.25) is 6.10 Å². The minimum absolute atomic E-state index is 0.00892. The predicted octanol–water partition coefficient (Wildman–Crippen LogP) is 3.55. The Kier molecular flexibility index (Phi) is 5.95. The fraction of sp³-hybridized carbons (Fsp3) is 0.433. The molecule has 2 aromatic rings. The summed E-state index contributed by atoms with van der Waals surface area (Å²) >= 11 is 0. The lowest BCUT2D eigenvalue weighted by Gasteiger charge is -2.59. The van der Waals surface area contributed by atoms with Crippen LogP contribution in [0.1, 0.15) is 62.3 Å². The quantitative estimate of drug-likeness (QED) is 0.422. The van der Waals surface area contributed by atoms with Gasteiger partial charge >= 0.3 is 17.9 Å². The minimum atomic E-state index is -1.44. The number of aliphatic hydroxyl groups is 1. The predicted molar refractivity (Wildman–Crippen MR) is 135 cm³/mol. The number of esters is 3. The Hall–Kier alpha value is -3.85. The second kappa shape index (κ2) is 9.12. The molecule has 0 saturated heterocycles. The molecule has 2 aromatic carbocycles. The van der Waals surface area contributed by atoms with E-state index in [9.17, 15) is 24.6 Å². The van der Waals surface area contributed by atoms with Gasteiger partial charge in [-0.2, -0.15) is 0 Å². The molecule has 6 atom stereocenters. The maximum Gasteiger partial charge on any atom is 0.357 e. The largest absolute Gasteiger partial charge is 0.504 e. The molecule has 2 N–H and O–H groups in total. The molecule has 0 aromatic heterocycles. The maximum atomic E-state index is 13.6. The number of hydrogen-bond donors (Lipinski definition) is 2. The molecule has 39 heavy (non-hydrogen) atoms. The van der Waals surface area contributed by atoms with E-state index in [1.165, 1.54) is 13.8 Å². The van der Waals surface area contributed by atoms with E-state index in [-0.39, 0.29) is 23.8 Å². The smallest absolute Gasteiger partial charge is 0.357 e.